The quantitative estimate of drug-likeness (QED) is 0.493. The third-order valence-corrected chi connectivity index (χ3v) is 1.25. The number of allylic oxidation sites excluding steroid dienone is 4. The van der Waals surface area contributed by atoms with Gasteiger partial charge in [0.25, 0.3) is 0 Å². The molecule has 0 spiro atoms. The van der Waals surface area contributed by atoms with Gasteiger partial charge in [0.1, 0.15) is 0 Å². The number of hydrogen-bond donors (Lipinski definition) is 0. The van der Waals surface area contributed by atoms with E-state index in [0.717, 1.165) is 12.2 Å². The molecule has 1 fully saturated rings. The van der Waals surface area contributed by atoms with E-state index in [1.807, 2.05) is 0 Å². The number of rotatable bonds is 0. The van der Waals surface area contributed by atoms with Gasteiger partial charge in [0, 0.05) is 15.1 Å². The molecule has 0 nitrogen and oxygen atoms in total. The van der Waals surface area contributed by atoms with Gasteiger partial charge in [-0.15, -0.1) is 0 Å². The summed E-state index contributed by atoms with van der Waals surface area (Å²) in [5, 5.41) is 0. The summed E-state index contributed by atoms with van der Waals surface area (Å²) in [6, 6.07) is -0.788. The minimum Gasteiger partial charge on any atom is -0.0839 e. The summed E-state index contributed by atoms with van der Waals surface area (Å²) in [5.74, 6) is -3.11. The average molecular weight is 146 g/mol. The van der Waals surface area contributed by atoms with Crippen LogP contribution in [-0.4, -0.2) is 0 Å². The Morgan fingerprint density at radius 2 is 2.70 bits per heavy atom. The van der Waals surface area contributed by atoms with E-state index in [2.05, 4.69) is 0 Å². The van der Waals surface area contributed by atoms with E-state index in [4.69, 9.17) is 16.4 Å². The molecule has 2 aliphatic carbocycles. The van der Waals surface area contributed by atoms with Crippen LogP contribution in [-0.2, 0) is 0 Å². The van der Waals surface area contributed by atoms with E-state index in [9.17, 15) is 0 Å². The van der Waals surface area contributed by atoms with Crippen molar-refractivity contribution in [3.8, 4) is 0 Å². The predicted octanol–water partition coefficient (Wildman–Crippen LogP) is 3.06. The molecule has 0 bridgehead atoms. The summed E-state index contributed by atoms with van der Waals surface area (Å²) >= 11 is 0. The summed E-state index contributed by atoms with van der Waals surface area (Å²) in [6.07, 6.45) is -14.7. The highest BCUT2D eigenvalue weighted by molar-refractivity contribution is 5.21. The van der Waals surface area contributed by atoms with E-state index in [1.54, 1.807) is 0 Å². The van der Waals surface area contributed by atoms with Gasteiger partial charge in [-0.1, -0.05) is 30.2 Å². The van der Waals surface area contributed by atoms with Gasteiger partial charge in [0.2, 0.25) is 0 Å². The zero-order chi connectivity index (χ0) is 17.6. The van der Waals surface area contributed by atoms with Crippen LogP contribution < -0.4 is 0 Å². The van der Waals surface area contributed by atoms with E-state index in [0.29, 0.717) is 0 Å². The van der Waals surface area contributed by atoms with Crippen LogP contribution in [0, 0.1) is 5.89 Å². The van der Waals surface area contributed by atoms with Crippen LogP contribution in [0.5, 0.6) is 0 Å². The van der Waals surface area contributed by atoms with Gasteiger partial charge >= 0.3 is 0 Å². The molecule has 0 aromatic heterocycles. The second-order valence-electron chi connectivity index (χ2n) is 1.89. The van der Waals surface area contributed by atoms with Gasteiger partial charge in [0.15, 0.2) is 0 Å². The molecule has 2 aliphatic rings. The lowest BCUT2D eigenvalue weighted by Gasteiger charge is -2.25. The zero-order valence-electron chi connectivity index (χ0n) is 17.2. The van der Waals surface area contributed by atoms with Crippen molar-refractivity contribution in [1.29, 1.82) is 0 Å². The summed E-state index contributed by atoms with van der Waals surface area (Å²) < 4.78 is 94.3. The van der Waals surface area contributed by atoms with E-state index in [-0.39, 0.29) is 0 Å². The Hall–Kier alpha value is -0.520. The largest absolute Gasteiger partial charge is 0.0839 e. The molecule has 0 aliphatic heterocycles. The highest BCUT2D eigenvalue weighted by atomic mass is 14.2. The van der Waals surface area contributed by atoms with Crippen LogP contribution in [0.2, 0.25) is 0 Å². The Bertz CT molecular complexity index is 583. The molecule has 0 aromatic carbocycles. The van der Waals surface area contributed by atoms with Crippen molar-refractivity contribution in [3.05, 3.63) is 23.8 Å². The van der Waals surface area contributed by atoms with E-state index < -0.39 is 49.4 Å². The van der Waals surface area contributed by atoms with Gasteiger partial charge < -0.3 is 0 Å². The highest BCUT2D eigenvalue weighted by Gasteiger charge is 2.18. The summed E-state index contributed by atoms with van der Waals surface area (Å²) in [6.45, 7) is 0. The third kappa shape index (κ3) is 1.03. The lowest BCUT2D eigenvalue weighted by Crippen LogP contribution is -2.10. The Morgan fingerprint density at radius 1 is 1.70 bits per heavy atom. The normalized spacial score (nSPS) is 82.4. The van der Waals surface area contributed by atoms with Crippen molar-refractivity contribution in [2.24, 2.45) is 5.89 Å². The molecule has 0 aromatic rings. The van der Waals surface area contributed by atoms with Crippen LogP contribution in [0.1, 0.15) is 48.3 Å². The molecule has 1 atom stereocenters. The van der Waals surface area contributed by atoms with Crippen molar-refractivity contribution < 1.29 is 16.4 Å². The standard InChI is InChI=1S/C10H14/c1-2-6-10-8-4-3-7-9(10)5-1/h1-2,5,10H,3-4,6-8H2/i2D,3D2,4D2,6D2,7D2,8D2,10D. The molecule has 0 amide bonds. The molecule has 1 saturated carbocycles. The van der Waals surface area contributed by atoms with Gasteiger partial charge in [-0.05, 0) is 31.4 Å². The molecule has 0 heteroatoms. The van der Waals surface area contributed by atoms with Crippen molar-refractivity contribution >= 4 is 0 Å². The minimum absolute atomic E-state index is 0.788. The smallest absolute Gasteiger partial charge is 0.0576 e. The topological polar surface area (TPSA) is 0 Å². The summed E-state index contributed by atoms with van der Waals surface area (Å²) in [4.78, 5) is 0. The zero-order valence-corrected chi connectivity index (χ0v) is 5.15. The van der Waals surface area contributed by atoms with Crippen molar-refractivity contribution in [1.82, 2.24) is 0 Å². The Balaban J connectivity index is 2.95. The molecule has 54 valence electrons. The fraction of sp³-hybridized carbons (Fsp3) is 0.600. The number of fused-ring (bicyclic) bond motifs is 1. The Kier molecular flexibility index (Phi) is 0.352. The number of hydrogen-bond acceptors (Lipinski definition) is 0. The van der Waals surface area contributed by atoms with E-state index in [1.165, 1.54) is 0 Å². The molecular formula is C10H14. The average Bonchev–Trinajstić information content (AvgIpc) is 2.34. The van der Waals surface area contributed by atoms with Crippen LogP contribution in [0.4, 0.5) is 0 Å². The molecule has 2 rings (SSSR count). The first-order valence-electron chi connectivity index (χ1n) is 8.91. The van der Waals surface area contributed by atoms with Gasteiger partial charge in [0.05, 0.1) is 1.37 Å². The first-order valence-corrected chi connectivity index (χ1v) is 2.91. The second-order valence-corrected chi connectivity index (χ2v) is 1.89. The van der Waals surface area contributed by atoms with Gasteiger partial charge in [-0.3, -0.25) is 0 Å². The van der Waals surface area contributed by atoms with Crippen molar-refractivity contribution in [2.75, 3.05) is 0 Å². The summed E-state index contributed by atoms with van der Waals surface area (Å²) in [5.41, 5.74) is -0.842. The molecular weight excluding hydrogens is 120 g/mol. The lowest BCUT2D eigenvalue weighted by atomic mass is 9.80. The molecule has 0 saturated heterocycles. The first kappa shape index (κ1) is 1.35. The fourth-order valence-corrected chi connectivity index (χ4v) is 0.785. The third-order valence-electron chi connectivity index (χ3n) is 1.25. The molecule has 0 radical (unpaired) electrons. The van der Waals surface area contributed by atoms with Crippen molar-refractivity contribution in [3.63, 3.8) is 0 Å². The molecule has 1 unspecified atom stereocenters. The Labute approximate surface area is 79.5 Å². The minimum atomic E-state index is -3.49. The van der Waals surface area contributed by atoms with E-state index >= 15 is 0 Å². The van der Waals surface area contributed by atoms with Crippen LogP contribution >= 0.6 is 0 Å². The van der Waals surface area contributed by atoms with Crippen LogP contribution in [0.15, 0.2) is 23.8 Å². The van der Waals surface area contributed by atoms with Crippen LogP contribution in [0.3, 0.4) is 0 Å². The molecule has 0 N–H and O–H groups in total. The monoisotopic (exact) mass is 146 g/mol. The second kappa shape index (κ2) is 2.61. The van der Waals surface area contributed by atoms with Crippen molar-refractivity contribution in [2.45, 2.75) is 31.9 Å². The molecule has 0 heterocycles. The Morgan fingerprint density at radius 3 is 3.70 bits per heavy atom. The van der Waals surface area contributed by atoms with Gasteiger partial charge in [-0.25, -0.2) is 0 Å². The van der Waals surface area contributed by atoms with Crippen LogP contribution in [0.25, 0.3) is 0 Å². The molecule has 10 heavy (non-hydrogen) atoms. The lowest BCUT2D eigenvalue weighted by molar-refractivity contribution is 0.453. The first-order chi connectivity index (χ1) is 9.51. The maximum Gasteiger partial charge on any atom is 0.0576 e. The SMILES string of the molecule is [2H]C1=CC=C2C([2H])([2H])C([2H])([2H])C([2H])([2H])C([2H])([2H])C2([2H])C1([2H])[2H]. The predicted molar refractivity (Wildman–Crippen MR) is 43.8 cm³/mol. The highest BCUT2D eigenvalue weighted by Crippen LogP contribution is 2.33. The maximum atomic E-state index is 8.28. The van der Waals surface area contributed by atoms with Gasteiger partial charge in [-0.2, -0.15) is 0 Å². The maximum absolute atomic E-state index is 8.28. The summed E-state index contributed by atoms with van der Waals surface area (Å²) in [7, 11) is 0. The fourth-order valence-electron chi connectivity index (χ4n) is 0.785.